The molecule has 0 aliphatic heterocycles. The summed E-state index contributed by atoms with van der Waals surface area (Å²) in [5.74, 6) is -0.712. The number of hydrogen-bond donors (Lipinski definition) is 1. The summed E-state index contributed by atoms with van der Waals surface area (Å²) in [6.45, 7) is -0.457. The summed E-state index contributed by atoms with van der Waals surface area (Å²) in [7, 11) is -1.67. The fourth-order valence-electron chi connectivity index (χ4n) is 2.18. The topological polar surface area (TPSA) is 98.8 Å². The van der Waals surface area contributed by atoms with E-state index < -0.39 is 28.3 Å². The monoisotopic (exact) mass is 377 g/mol. The molecule has 1 N–H and O–H groups in total. The van der Waals surface area contributed by atoms with Crippen LogP contribution in [0.5, 0.6) is 5.75 Å². The Kier molecular flexibility index (Phi) is 6.35. The molecular weight excluding hydrogens is 358 g/mol. The maximum absolute atomic E-state index is 12.0. The van der Waals surface area contributed by atoms with E-state index in [9.17, 15) is 18.0 Å². The van der Waals surface area contributed by atoms with Crippen LogP contribution in [0.25, 0.3) is 0 Å². The minimum absolute atomic E-state index is 0.175. The summed E-state index contributed by atoms with van der Waals surface area (Å²) in [5.41, 5.74) is 1.20. The number of amides is 1. The lowest BCUT2D eigenvalue weighted by molar-refractivity contribution is -0.119. The minimum atomic E-state index is -3.21. The lowest BCUT2D eigenvalue weighted by atomic mass is 10.1. The summed E-state index contributed by atoms with van der Waals surface area (Å²) >= 11 is 0. The first-order valence-corrected chi connectivity index (χ1v) is 9.70. The Bertz CT molecular complexity index is 890. The molecule has 2 rings (SSSR count). The molecule has 0 atom stereocenters. The molecule has 8 heteroatoms. The summed E-state index contributed by atoms with van der Waals surface area (Å²) in [4.78, 5) is 23.9. The van der Waals surface area contributed by atoms with Crippen molar-refractivity contribution in [1.29, 1.82) is 0 Å². The lowest BCUT2D eigenvalue weighted by Gasteiger charge is -2.08. The summed E-state index contributed by atoms with van der Waals surface area (Å²) < 4.78 is 32.7. The van der Waals surface area contributed by atoms with Crippen molar-refractivity contribution >= 4 is 27.4 Å². The second-order valence-corrected chi connectivity index (χ2v) is 7.76. The highest BCUT2D eigenvalue weighted by atomic mass is 32.2. The molecule has 0 aliphatic carbocycles. The molecule has 26 heavy (non-hydrogen) atoms. The number of ether oxygens (including phenoxy) is 2. The number of benzene rings is 2. The van der Waals surface area contributed by atoms with Gasteiger partial charge in [-0.2, -0.15) is 0 Å². The summed E-state index contributed by atoms with van der Waals surface area (Å²) in [6, 6.07) is 12.8. The van der Waals surface area contributed by atoms with Gasteiger partial charge in [-0.05, 0) is 42.0 Å². The zero-order chi connectivity index (χ0) is 19.2. The largest absolute Gasteiger partial charge is 0.497 e. The highest BCUT2D eigenvalue weighted by Crippen LogP contribution is 2.15. The molecule has 0 heterocycles. The van der Waals surface area contributed by atoms with E-state index >= 15 is 0 Å². The van der Waals surface area contributed by atoms with Gasteiger partial charge in [-0.25, -0.2) is 13.2 Å². The van der Waals surface area contributed by atoms with Gasteiger partial charge in [0.1, 0.15) is 5.75 Å². The first kappa shape index (κ1) is 19.5. The maximum Gasteiger partial charge on any atom is 0.338 e. The molecule has 7 nitrogen and oxygen atoms in total. The Morgan fingerprint density at radius 3 is 2.38 bits per heavy atom. The van der Waals surface area contributed by atoms with Crippen LogP contribution in [0, 0.1) is 0 Å². The van der Waals surface area contributed by atoms with Crippen LogP contribution in [0.1, 0.15) is 15.9 Å². The highest BCUT2D eigenvalue weighted by Gasteiger charge is 2.12. The number of nitrogens with one attached hydrogen (secondary N) is 1. The molecule has 0 aromatic heterocycles. The molecule has 0 bridgehead atoms. The SMILES string of the molecule is COc1ccc(NC(=O)COC(=O)c2cccc(CS(C)(=O)=O)c2)cc1. The number of rotatable bonds is 7. The highest BCUT2D eigenvalue weighted by molar-refractivity contribution is 7.89. The minimum Gasteiger partial charge on any atom is -0.497 e. The smallest absolute Gasteiger partial charge is 0.338 e. The van der Waals surface area contributed by atoms with Crippen molar-refractivity contribution in [2.45, 2.75) is 5.75 Å². The van der Waals surface area contributed by atoms with Crippen LogP contribution in [0.15, 0.2) is 48.5 Å². The molecule has 1 amide bonds. The standard InChI is InChI=1S/C18H19NO6S/c1-24-16-8-6-15(7-9-16)19-17(20)11-25-18(21)14-5-3-4-13(10-14)12-26(2,22)23/h3-10H,11-12H2,1-2H3,(H,19,20). The van der Waals surface area contributed by atoms with Gasteiger partial charge >= 0.3 is 5.97 Å². The van der Waals surface area contributed by atoms with Crippen LogP contribution in [0.2, 0.25) is 0 Å². The molecular formula is C18H19NO6S. The normalized spacial score (nSPS) is 10.8. The van der Waals surface area contributed by atoms with E-state index in [4.69, 9.17) is 9.47 Å². The Hall–Kier alpha value is -2.87. The average Bonchev–Trinajstić information content (AvgIpc) is 2.59. The fourth-order valence-corrected chi connectivity index (χ4v) is 2.96. The van der Waals surface area contributed by atoms with Crippen LogP contribution in [-0.4, -0.2) is 40.3 Å². The van der Waals surface area contributed by atoms with Gasteiger partial charge in [0.25, 0.3) is 5.91 Å². The van der Waals surface area contributed by atoms with Crippen molar-refractivity contribution in [1.82, 2.24) is 0 Å². The van der Waals surface area contributed by atoms with E-state index in [1.807, 2.05) is 0 Å². The predicted molar refractivity (Wildman–Crippen MR) is 96.9 cm³/mol. The first-order valence-electron chi connectivity index (χ1n) is 7.64. The van der Waals surface area contributed by atoms with Crippen molar-refractivity contribution in [3.05, 3.63) is 59.7 Å². The molecule has 0 aliphatic rings. The molecule has 138 valence electrons. The van der Waals surface area contributed by atoms with E-state index in [-0.39, 0.29) is 11.3 Å². The quantitative estimate of drug-likeness (QED) is 0.742. The van der Waals surface area contributed by atoms with Gasteiger partial charge in [0.15, 0.2) is 16.4 Å². The summed E-state index contributed by atoms with van der Waals surface area (Å²) in [5, 5.41) is 2.59. The van der Waals surface area contributed by atoms with Gasteiger partial charge in [-0.1, -0.05) is 12.1 Å². The van der Waals surface area contributed by atoms with Gasteiger partial charge in [0.05, 0.1) is 18.4 Å². The Morgan fingerprint density at radius 2 is 1.77 bits per heavy atom. The predicted octanol–water partition coefficient (Wildman–Crippen LogP) is 2.04. The number of hydrogen-bond acceptors (Lipinski definition) is 6. The molecule has 0 unspecified atom stereocenters. The molecule has 0 saturated heterocycles. The second kappa shape index (κ2) is 8.48. The lowest BCUT2D eigenvalue weighted by Crippen LogP contribution is -2.21. The Morgan fingerprint density at radius 1 is 1.08 bits per heavy atom. The van der Waals surface area contributed by atoms with Crippen molar-refractivity contribution < 1.29 is 27.5 Å². The van der Waals surface area contributed by atoms with Gasteiger partial charge in [-0.15, -0.1) is 0 Å². The number of carbonyl (C=O) groups excluding carboxylic acids is 2. The van der Waals surface area contributed by atoms with E-state index in [1.165, 1.54) is 19.2 Å². The Labute approximate surface area is 151 Å². The van der Waals surface area contributed by atoms with Crippen LogP contribution >= 0.6 is 0 Å². The number of carbonyl (C=O) groups is 2. The van der Waals surface area contributed by atoms with Crippen LogP contribution in [-0.2, 0) is 25.1 Å². The number of sulfone groups is 1. The zero-order valence-corrected chi connectivity index (χ0v) is 15.2. The number of anilines is 1. The maximum atomic E-state index is 12.0. The van der Waals surface area contributed by atoms with Gasteiger partial charge in [0, 0.05) is 11.9 Å². The second-order valence-electron chi connectivity index (χ2n) is 5.62. The van der Waals surface area contributed by atoms with Gasteiger partial charge in [-0.3, -0.25) is 4.79 Å². The molecule has 0 saturated carbocycles. The third-order valence-corrected chi connectivity index (χ3v) is 4.16. The Balaban J connectivity index is 1.91. The van der Waals surface area contributed by atoms with Crippen molar-refractivity contribution in [3.63, 3.8) is 0 Å². The average molecular weight is 377 g/mol. The first-order chi connectivity index (χ1) is 12.3. The molecule has 0 spiro atoms. The zero-order valence-electron chi connectivity index (χ0n) is 14.4. The van der Waals surface area contributed by atoms with Crippen LogP contribution < -0.4 is 10.1 Å². The van der Waals surface area contributed by atoms with E-state index in [0.717, 1.165) is 6.26 Å². The van der Waals surface area contributed by atoms with Crippen molar-refractivity contribution in [2.75, 3.05) is 25.3 Å². The van der Waals surface area contributed by atoms with Crippen LogP contribution in [0.3, 0.4) is 0 Å². The van der Waals surface area contributed by atoms with Gasteiger partial charge < -0.3 is 14.8 Å². The van der Waals surface area contributed by atoms with E-state index in [2.05, 4.69) is 5.32 Å². The van der Waals surface area contributed by atoms with Crippen LogP contribution in [0.4, 0.5) is 5.69 Å². The third-order valence-electron chi connectivity index (χ3n) is 3.30. The van der Waals surface area contributed by atoms with E-state index in [1.54, 1.807) is 36.4 Å². The number of methoxy groups -OCH3 is 1. The van der Waals surface area contributed by atoms with E-state index in [0.29, 0.717) is 17.0 Å². The molecule has 0 radical (unpaired) electrons. The summed E-state index contributed by atoms with van der Waals surface area (Å²) in [6.07, 6.45) is 1.11. The third kappa shape index (κ3) is 6.21. The fraction of sp³-hybridized carbons (Fsp3) is 0.222. The van der Waals surface area contributed by atoms with Gasteiger partial charge in [0.2, 0.25) is 0 Å². The van der Waals surface area contributed by atoms with Crippen molar-refractivity contribution in [3.8, 4) is 5.75 Å². The molecule has 0 fully saturated rings. The molecule has 2 aromatic rings. The van der Waals surface area contributed by atoms with Crippen molar-refractivity contribution in [2.24, 2.45) is 0 Å². The molecule has 2 aromatic carbocycles. The number of esters is 1.